The normalized spacial score (nSPS) is 51.0. The van der Waals surface area contributed by atoms with Gasteiger partial charge in [-0.1, -0.05) is 20.8 Å². The zero-order valence-electron chi connectivity index (χ0n) is 11.3. The number of hydrogen-bond donors (Lipinski definition) is 0. The van der Waals surface area contributed by atoms with Crippen LogP contribution in [-0.2, 0) is 4.74 Å². The molecule has 5 atom stereocenters. The van der Waals surface area contributed by atoms with E-state index < -0.39 is 0 Å². The lowest BCUT2D eigenvalue weighted by Crippen LogP contribution is -2.57. The summed E-state index contributed by atoms with van der Waals surface area (Å²) in [6, 6.07) is 0. The lowest BCUT2D eigenvalue weighted by Gasteiger charge is -2.64. The minimum Gasteiger partial charge on any atom is -0.381 e. The van der Waals surface area contributed by atoms with Gasteiger partial charge in [0.05, 0.1) is 6.10 Å². The third-order valence-electron chi connectivity index (χ3n) is 6.05. The van der Waals surface area contributed by atoms with E-state index in [1.54, 1.807) is 0 Å². The quantitative estimate of drug-likeness (QED) is 0.654. The fourth-order valence-corrected chi connectivity index (χ4v) is 5.28. The summed E-state index contributed by atoms with van der Waals surface area (Å²) in [5, 5.41) is 0. The first-order valence-corrected chi connectivity index (χ1v) is 6.98. The molecule has 4 aliphatic rings. The van der Waals surface area contributed by atoms with Crippen molar-refractivity contribution in [2.45, 2.75) is 59.0 Å². The van der Waals surface area contributed by atoms with Crippen LogP contribution in [0.5, 0.6) is 0 Å². The first-order valence-electron chi connectivity index (χ1n) is 6.98. The lowest BCUT2D eigenvalue weighted by atomic mass is 9.43. The van der Waals surface area contributed by atoms with Crippen LogP contribution in [0.1, 0.15) is 52.9 Å². The van der Waals surface area contributed by atoms with E-state index in [2.05, 4.69) is 20.8 Å². The smallest absolute Gasteiger partial charge is 0.0628 e. The van der Waals surface area contributed by atoms with E-state index in [-0.39, 0.29) is 0 Å². The molecule has 0 aromatic rings. The van der Waals surface area contributed by atoms with Crippen LogP contribution in [0.25, 0.3) is 0 Å². The van der Waals surface area contributed by atoms with Crippen molar-refractivity contribution in [3.8, 4) is 0 Å². The van der Waals surface area contributed by atoms with Crippen molar-refractivity contribution < 1.29 is 4.74 Å². The van der Waals surface area contributed by atoms with Gasteiger partial charge in [-0.15, -0.1) is 0 Å². The molecule has 4 bridgehead atoms. The van der Waals surface area contributed by atoms with E-state index in [0.29, 0.717) is 16.9 Å². The molecule has 0 amide bonds. The summed E-state index contributed by atoms with van der Waals surface area (Å²) < 4.78 is 5.78. The van der Waals surface area contributed by atoms with Crippen LogP contribution in [0.4, 0.5) is 0 Å². The minimum atomic E-state index is 0.487. The maximum atomic E-state index is 5.78. The molecular weight excluding hydrogens is 196 g/mol. The highest BCUT2D eigenvalue weighted by atomic mass is 16.5. The monoisotopic (exact) mass is 222 g/mol. The van der Waals surface area contributed by atoms with E-state index in [0.717, 1.165) is 17.8 Å². The maximum Gasteiger partial charge on any atom is 0.0628 e. The standard InChI is InChI=1S/C15H26O/c1-14(2,3)15-7-10-5-11(8-15)13(16-4)12(6-10)9-15/h10-13H,5-9H2,1-4H3/t10?,11-,12+,13?,15?. The molecule has 0 saturated heterocycles. The Bertz CT molecular complexity index is 272. The zero-order valence-corrected chi connectivity index (χ0v) is 11.3. The van der Waals surface area contributed by atoms with E-state index in [1.165, 1.54) is 32.1 Å². The minimum absolute atomic E-state index is 0.487. The van der Waals surface area contributed by atoms with Gasteiger partial charge in [-0.3, -0.25) is 0 Å². The molecular formula is C15H26O. The summed E-state index contributed by atoms with van der Waals surface area (Å²) in [7, 11) is 1.93. The average molecular weight is 222 g/mol. The summed E-state index contributed by atoms with van der Waals surface area (Å²) in [6.45, 7) is 7.38. The summed E-state index contributed by atoms with van der Waals surface area (Å²) in [6.07, 6.45) is 7.86. The van der Waals surface area contributed by atoms with Gasteiger partial charge >= 0.3 is 0 Å². The first kappa shape index (κ1) is 11.1. The van der Waals surface area contributed by atoms with Gasteiger partial charge in [0.1, 0.15) is 0 Å². The molecule has 0 aromatic carbocycles. The van der Waals surface area contributed by atoms with Gasteiger partial charge in [-0.2, -0.15) is 0 Å². The second-order valence-corrected chi connectivity index (χ2v) is 7.70. The zero-order chi connectivity index (χ0) is 11.6. The van der Waals surface area contributed by atoms with Crippen molar-refractivity contribution in [3.05, 3.63) is 0 Å². The highest BCUT2D eigenvalue weighted by Crippen LogP contribution is 2.66. The van der Waals surface area contributed by atoms with Crippen LogP contribution in [0.3, 0.4) is 0 Å². The Morgan fingerprint density at radius 2 is 1.56 bits per heavy atom. The van der Waals surface area contributed by atoms with Gasteiger partial charge in [0.2, 0.25) is 0 Å². The molecule has 16 heavy (non-hydrogen) atoms. The number of methoxy groups -OCH3 is 1. The van der Waals surface area contributed by atoms with Gasteiger partial charge in [0.25, 0.3) is 0 Å². The van der Waals surface area contributed by atoms with Crippen LogP contribution in [0.15, 0.2) is 0 Å². The second-order valence-electron chi connectivity index (χ2n) is 7.70. The molecule has 4 aliphatic carbocycles. The summed E-state index contributed by atoms with van der Waals surface area (Å²) in [5.41, 5.74) is 1.12. The van der Waals surface area contributed by atoms with Crippen molar-refractivity contribution in [2.24, 2.45) is 28.6 Å². The van der Waals surface area contributed by atoms with E-state index >= 15 is 0 Å². The molecule has 0 radical (unpaired) electrons. The molecule has 0 spiro atoms. The van der Waals surface area contributed by atoms with Crippen LogP contribution >= 0.6 is 0 Å². The Labute approximate surface area is 99.9 Å². The fourth-order valence-electron chi connectivity index (χ4n) is 5.28. The van der Waals surface area contributed by atoms with Crippen LogP contribution < -0.4 is 0 Å². The number of hydrogen-bond acceptors (Lipinski definition) is 1. The maximum absolute atomic E-state index is 5.78. The van der Waals surface area contributed by atoms with Crippen LogP contribution in [0, 0.1) is 28.6 Å². The topological polar surface area (TPSA) is 9.23 Å². The van der Waals surface area contributed by atoms with Gasteiger partial charge < -0.3 is 4.74 Å². The Kier molecular flexibility index (Phi) is 2.25. The Hall–Kier alpha value is -0.0400. The molecule has 1 heteroatoms. The third kappa shape index (κ3) is 1.33. The molecule has 0 heterocycles. The Morgan fingerprint density at radius 1 is 1.00 bits per heavy atom. The van der Waals surface area contributed by atoms with Crippen molar-refractivity contribution in [2.75, 3.05) is 7.11 Å². The molecule has 0 aromatic heterocycles. The Morgan fingerprint density at radius 3 is 2.00 bits per heavy atom. The Balaban J connectivity index is 1.92. The van der Waals surface area contributed by atoms with Gasteiger partial charge in [0, 0.05) is 7.11 Å². The molecule has 0 N–H and O–H groups in total. The van der Waals surface area contributed by atoms with Crippen LogP contribution in [-0.4, -0.2) is 13.2 Å². The average Bonchev–Trinajstić information content (AvgIpc) is 2.14. The van der Waals surface area contributed by atoms with Crippen molar-refractivity contribution >= 4 is 0 Å². The van der Waals surface area contributed by atoms with Gasteiger partial charge in [-0.05, 0) is 60.7 Å². The number of rotatable bonds is 1. The second kappa shape index (κ2) is 3.25. The first-order chi connectivity index (χ1) is 7.45. The largest absolute Gasteiger partial charge is 0.381 e. The van der Waals surface area contributed by atoms with E-state index in [4.69, 9.17) is 4.74 Å². The summed E-state index contributed by atoms with van der Waals surface area (Å²) in [4.78, 5) is 0. The SMILES string of the molecule is COC1[C@@H]2CC3C[C@H]1CC(C(C)(C)C)(C3)C2. The van der Waals surface area contributed by atoms with Gasteiger partial charge in [0.15, 0.2) is 0 Å². The van der Waals surface area contributed by atoms with Crippen molar-refractivity contribution in [1.29, 1.82) is 0 Å². The van der Waals surface area contributed by atoms with Crippen molar-refractivity contribution in [1.82, 2.24) is 0 Å². The molecule has 92 valence electrons. The summed E-state index contributed by atoms with van der Waals surface area (Å²) >= 11 is 0. The highest BCUT2D eigenvalue weighted by molar-refractivity contribution is 5.09. The van der Waals surface area contributed by atoms with E-state index in [1.807, 2.05) is 7.11 Å². The molecule has 3 unspecified atom stereocenters. The molecule has 4 saturated carbocycles. The predicted octanol–water partition coefficient (Wildman–Crippen LogP) is 3.87. The molecule has 4 rings (SSSR count). The molecule has 1 nitrogen and oxygen atoms in total. The van der Waals surface area contributed by atoms with Crippen molar-refractivity contribution in [3.63, 3.8) is 0 Å². The fraction of sp³-hybridized carbons (Fsp3) is 1.00. The molecule has 4 fully saturated rings. The lowest BCUT2D eigenvalue weighted by molar-refractivity contribution is -0.179. The number of ether oxygens (including phenoxy) is 1. The third-order valence-corrected chi connectivity index (χ3v) is 6.05. The van der Waals surface area contributed by atoms with Crippen LogP contribution in [0.2, 0.25) is 0 Å². The van der Waals surface area contributed by atoms with E-state index in [9.17, 15) is 0 Å². The predicted molar refractivity (Wildman–Crippen MR) is 66.2 cm³/mol. The highest BCUT2D eigenvalue weighted by Gasteiger charge is 2.59. The van der Waals surface area contributed by atoms with Gasteiger partial charge in [-0.25, -0.2) is 0 Å². The molecule has 0 aliphatic heterocycles. The summed E-state index contributed by atoms with van der Waals surface area (Å²) in [5.74, 6) is 2.76.